The minimum absolute atomic E-state index is 0.132. The maximum Gasteiger partial charge on any atom is 0.251 e. The molecule has 0 atom stereocenters. The van der Waals surface area contributed by atoms with Crippen molar-refractivity contribution in [2.24, 2.45) is 0 Å². The van der Waals surface area contributed by atoms with Crippen LogP contribution < -0.4 is 10.1 Å². The van der Waals surface area contributed by atoms with Gasteiger partial charge in [0.2, 0.25) is 11.2 Å². The normalized spacial score (nSPS) is 10.5. The molecule has 6 heteroatoms. The molecule has 3 rings (SSSR count). The Hall–Kier alpha value is -2.66. The van der Waals surface area contributed by atoms with Gasteiger partial charge in [-0.05, 0) is 35.9 Å². The molecule has 23 heavy (non-hydrogen) atoms. The average molecular weight is 328 g/mol. The fraction of sp³-hybridized carbons (Fsp3) is 0.118. The van der Waals surface area contributed by atoms with Crippen LogP contribution in [0.5, 0.6) is 5.88 Å². The van der Waals surface area contributed by atoms with Crippen LogP contribution in [0.2, 0.25) is 5.28 Å². The zero-order valence-electron chi connectivity index (χ0n) is 12.2. The largest absolute Gasteiger partial charge is 0.475 e. The fourth-order valence-electron chi connectivity index (χ4n) is 2.13. The van der Waals surface area contributed by atoms with Crippen LogP contribution in [0.4, 0.5) is 0 Å². The van der Waals surface area contributed by atoms with Crippen LogP contribution in [-0.2, 0) is 0 Å². The minimum atomic E-state index is -0.139. The number of para-hydroxylation sites is 1. The molecule has 0 radical (unpaired) electrons. The molecule has 0 fully saturated rings. The third-order valence-electron chi connectivity index (χ3n) is 3.20. The van der Waals surface area contributed by atoms with Crippen molar-refractivity contribution in [3.8, 4) is 5.88 Å². The molecule has 1 aromatic heterocycles. The molecule has 3 aromatic rings. The number of halogens is 1. The highest BCUT2D eigenvalue weighted by molar-refractivity contribution is 6.28. The maximum absolute atomic E-state index is 11.9. The van der Waals surface area contributed by atoms with Crippen LogP contribution in [0.15, 0.2) is 54.6 Å². The van der Waals surface area contributed by atoms with Gasteiger partial charge in [0.05, 0.1) is 17.4 Å². The van der Waals surface area contributed by atoms with Crippen molar-refractivity contribution < 1.29 is 9.53 Å². The van der Waals surface area contributed by atoms with Crippen LogP contribution in [0.1, 0.15) is 10.4 Å². The number of aromatic nitrogens is 2. The summed E-state index contributed by atoms with van der Waals surface area (Å²) in [6.07, 6.45) is 0. The number of hydrogen-bond donors (Lipinski definition) is 1. The van der Waals surface area contributed by atoms with Crippen LogP contribution in [-0.4, -0.2) is 29.0 Å². The van der Waals surface area contributed by atoms with Gasteiger partial charge in [0.1, 0.15) is 6.61 Å². The van der Waals surface area contributed by atoms with Crippen molar-refractivity contribution in [2.45, 2.75) is 0 Å². The molecule has 116 valence electrons. The van der Waals surface area contributed by atoms with Gasteiger partial charge in [0.15, 0.2) is 0 Å². The Labute approximate surface area is 138 Å². The van der Waals surface area contributed by atoms with E-state index in [1.54, 1.807) is 12.1 Å². The van der Waals surface area contributed by atoms with Crippen molar-refractivity contribution in [1.82, 2.24) is 15.3 Å². The van der Waals surface area contributed by atoms with Crippen molar-refractivity contribution in [3.63, 3.8) is 0 Å². The van der Waals surface area contributed by atoms with E-state index < -0.39 is 0 Å². The lowest BCUT2D eigenvalue weighted by molar-refractivity contribution is 0.0946. The standard InChI is InChI=1S/C17H14ClN3O2/c18-17-20-14-9-5-4-8-13(14)16(21-17)23-11-10-19-15(22)12-6-2-1-3-7-12/h1-9H,10-11H2,(H,19,22). The number of hydrogen-bond acceptors (Lipinski definition) is 4. The van der Waals surface area contributed by atoms with Gasteiger partial charge in [-0.3, -0.25) is 4.79 Å². The summed E-state index contributed by atoms with van der Waals surface area (Å²) in [7, 11) is 0. The smallest absolute Gasteiger partial charge is 0.251 e. The second-order valence-electron chi connectivity index (χ2n) is 4.79. The van der Waals surface area contributed by atoms with Gasteiger partial charge in [0, 0.05) is 5.56 Å². The molecular weight excluding hydrogens is 314 g/mol. The zero-order valence-corrected chi connectivity index (χ0v) is 13.0. The number of nitrogens with zero attached hydrogens (tertiary/aromatic N) is 2. The van der Waals surface area contributed by atoms with Gasteiger partial charge in [-0.15, -0.1) is 0 Å². The van der Waals surface area contributed by atoms with Crippen molar-refractivity contribution in [2.75, 3.05) is 13.2 Å². The van der Waals surface area contributed by atoms with Crippen LogP contribution in [0, 0.1) is 0 Å². The third-order valence-corrected chi connectivity index (χ3v) is 3.37. The van der Waals surface area contributed by atoms with Crippen molar-refractivity contribution in [3.05, 3.63) is 65.4 Å². The maximum atomic E-state index is 11.9. The summed E-state index contributed by atoms with van der Waals surface area (Å²) in [5, 5.41) is 3.71. The predicted octanol–water partition coefficient (Wildman–Crippen LogP) is 3.09. The van der Waals surface area contributed by atoms with E-state index in [-0.39, 0.29) is 17.8 Å². The molecule has 1 heterocycles. The summed E-state index contributed by atoms with van der Waals surface area (Å²) in [5.74, 6) is 0.273. The fourth-order valence-corrected chi connectivity index (χ4v) is 2.30. The molecular formula is C17H14ClN3O2. The van der Waals surface area contributed by atoms with Crippen LogP contribution in [0.25, 0.3) is 10.9 Å². The Kier molecular flexibility index (Phi) is 4.68. The van der Waals surface area contributed by atoms with Gasteiger partial charge >= 0.3 is 0 Å². The Bertz CT molecular complexity index is 824. The van der Waals surface area contributed by atoms with E-state index in [0.717, 1.165) is 10.9 Å². The molecule has 2 aromatic carbocycles. The molecule has 0 bridgehead atoms. The van der Waals surface area contributed by atoms with E-state index in [0.29, 0.717) is 18.0 Å². The lowest BCUT2D eigenvalue weighted by Gasteiger charge is -2.09. The van der Waals surface area contributed by atoms with Crippen LogP contribution in [0.3, 0.4) is 0 Å². The Balaban J connectivity index is 1.60. The number of nitrogens with one attached hydrogen (secondary N) is 1. The van der Waals surface area contributed by atoms with E-state index in [4.69, 9.17) is 16.3 Å². The van der Waals surface area contributed by atoms with Gasteiger partial charge in [-0.2, -0.15) is 4.98 Å². The van der Waals surface area contributed by atoms with Crippen LogP contribution >= 0.6 is 11.6 Å². The van der Waals surface area contributed by atoms with E-state index in [9.17, 15) is 4.79 Å². The first-order chi connectivity index (χ1) is 11.2. The zero-order chi connectivity index (χ0) is 16.1. The number of benzene rings is 2. The number of carbonyl (C=O) groups is 1. The first-order valence-electron chi connectivity index (χ1n) is 7.12. The molecule has 0 saturated heterocycles. The van der Waals surface area contributed by atoms with Crippen molar-refractivity contribution in [1.29, 1.82) is 0 Å². The monoisotopic (exact) mass is 327 g/mol. The SMILES string of the molecule is O=C(NCCOc1nc(Cl)nc2ccccc12)c1ccccc1. The predicted molar refractivity (Wildman–Crippen MR) is 88.8 cm³/mol. The second-order valence-corrected chi connectivity index (χ2v) is 5.12. The van der Waals surface area contributed by atoms with Gasteiger partial charge < -0.3 is 10.1 Å². The van der Waals surface area contributed by atoms with Gasteiger partial charge in [-0.1, -0.05) is 30.3 Å². The quantitative estimate of drug-likeness (QED) is 0.577. The molecule has 1 amide bonds. The number of carbonyl (C=O) groups excluding carboxylic acids is 1. The number of fused-ring (bicyclic) bond motifs is 1. The molecule has 0 saturated carbocycles. The summed E-state index contributed by atoms with van der Waals surface area (Å²) >= 11 is 5.90. The van der Waals surface area contributed by atoms with E-state index in [1.807, 2.05) is 42.5 Å². The third kappa shape index (κ3) is 3.76. The highest BCUT2D eigenvalue weighted by Gasteiger charge is 2.08. The lowest BCUT2D eigenvalue weighted by atomic mass is 10.2. The summed E-state index contributed by atoms with van der Waals surface area (Å²) in [6.45, 7) is 0.652. The second kappa shape index (κ2) is 7.07. The van der Waals surface area contributed by atoms with E-state index in [1.165, 1.54) is 0 Å². The molecule has 0 aliphatic carbocycles. The summed E-state index contributed by atoms with van der Waals surface area (Å²) in [6, 6.07) is 16.5. The summed E-state index contributed by atoms with van der Waals surface area (Å²) in [4.78, 5) is 20.1. The lowest BCUT2D eigenvalue weighted by Crippen LogP contribution is -2.28. The highest BCUT2D eigenvalue weighted by Crippen LogP contribution is 2.23. The minimum Gasteiger partial charge on any atom is -0.475 e. The molecule has 5 nitrogen and oxygen atoms in total. The number of amides is 1. The summed E-state index contributed by atoms with van der Waals surface area (Å²) < 4.78 is 5.64. The van der Waals surface area contributed by atoms with E-state index >= 15 is 0 Å². The van der Waals surface area contributed by atoms with E-state index in [2.05, 4.69) is 15.3 Å². The van der Waals surface area contributed by atoms with Gasteiger partial charge in [0.25, 0.3) is 5.91 Å². The Morgan fingerprint density at radius 3 is 2.61 bits per heavy atom. The highest BCUT2D eigenvalue weighted by atomic mass is 35.5. The summed E-state index contributed by atoms with van der Waals surface area (Å²) in [5.41, 5.74) is 1.33. The number of rotatable bonds is 5. The molecule has 1 N–H and O–H groups in total. The topological polar surface area (TPSA) is 64.1 Å². The Morgan fingerprint density at radius 1 is 1.04 bits per heavy atom. The molecule has 0 aliphatic rings. The molecule has 0 aliphatic heterocycles. The first kappa shape index (κ1) is 15.2. The molecule has 0 unspecified atom stereocenters. The first-order valence-corrected chi connectivity index (χ1v) is 7.50. The molecule has 0 spiro atoms. The Morgan fingerprint density at radius 2 is 1.78 bits per heavy atom. The average Bonchev–Trinajstić information content (AvgIpc) is 2.59. The van der Waals surface area contributed by atoms with Crippen molar-refractivity contribution >= 4 is 28.4 Å². The number of ether oxygens (including phenoxy) is 1. The van der Waals surface area contributed by atoms with Gasteiger partial charge in [-0.25, -0.2) is 4.98 Å².